The Hall–Kier alpha value is -1.36. The monoisotopic (exact) mass is 377 g/mol. The number of carbonyl (C=O) groups excluding carboxylic acids is 1. The Bertz CT molecular complexity index is 714. The smallest absolute Gasteiger partial charge is 0.235 e. The van der Waals surface area contributed by atoms with E-state index in [1.807, 2.05) is 0 Å². The molecule has 4 nitrogen and oxygen atoms in total. The minimum atomic E-state index is -3.32. The van der Waals surface area contributed by atoms with Gasteiger partial charge in [-0.15, -0.1) is 0 Å². The van der Waals surface area contributed by atoms with Gasteiger partial charge < -0.3 is 5.32 Å². The Morgan fingerprint density at radius 2 is 1.69 bits per heavy atom. The maximum absolute atomic E-state index is 12.5. The average Bonchev–Trinajstić information content (AvgIpc) is 3.24. The predicted molar refractivity (Wildman–Crippen MR) is 105 cm³/mol. The van der Waals surface area contributed by atoms with E-state index in [0.29, 0.717) is 24.7 Å². The number of rotatable bonds is 8. The van der Waals surface area contributed by atoms with E-state index in [1.54, 1.807) is 0 Å². The van der Waals surface area contributed by atoms with Crippen molar-refractivity contribution in [3.8, 4) is 0 Å². The number of hydrogen-bond acceptors (Lipinski definition) is 3. The molecular formula is C21H31NO3S. The SMILES string of the molecule is CC(C)Cc1ccc(C(NC(=O)CS(=O)(=O)C2CCCC2)C2CC2)cc1. The van der Waals surface area contributed by atoms with E-state index >= 15 is 0 Å². The second-order valence-electron chi connectivity index (χ2n) is 8.44. The lowest BCUT2D eigenvalue weighted by molar-refractivity contribution is -0.119. The van der Waals surface area contributed by atoms with E-state index in [-0.39, 0.29) is 23.0 Å². The van der Waals surface area contributed by atoms with E-state index < -0.39 is 9.84 Å². The zero-order valence-corrected chi connectivity index (χ0v) is 16.7. The molecular weight excluding hydrogens is 346 g/mol. The lowest BCUT2D eigenvalue weighted by Crippen LogP contribution is -2.37. The summed E-state index contributed by atoms with van der Waals surface area (Å²) in [6.07, 6.45) is 6.55. The van der Waals surface area contributed by atoms with Gasteiger partial charge in [-0.2, -0.15) is 0 Å². The molecule has 0 spiro atoms. The van der Waals surface area contributed by atoms with Gasteiger partial charge in [-0.3, -0.25) is 4.79 Å². The van der Waals surface area contributed by atoms with E-state index in [4.69, 9.17) is 0 Å². The van der Waals surface area contributed by atoms with Crippen LogP contribution in [0.3, 0.4) is 0 Å². The van der Waals surface area contributed by atoms with E-state index in [1.165, 1.54) is 5.56 Å². The third-order valence-corrected chi connectivity index (χ3v) is 7.69. The molecule has 0 heterocycles. The Labute approximate surface area is 157 Å². The molecule has 5 heteroatoms. The molecule has 0 saturated heterocycles. The zero-order valence-electron chi connectivity index (χ0n) is 15.9. The first-order valence-corrected chi connectivity index (χ1v) is 11.7. The summed E-state index contributed by atoms with van der Waals surface area (Å²) in [4.78, 5) is 12.5. The summed E-state index contributed by atoms with van der Waals surface area (Å²) in [5.74, 6) is 0.330. The van der Waals surface area contributed by atoms with E-state index in [2.05, 4.69) is 43.4 Å². The lowest BCUT2D eigenvalue weighted by Gasteiger charge is -2.20. The molecule has 1 unspecified atom stereocenters. The van der Waals surface area contributed by atoms with Gasteiger partial charge in [0, 0.05) is 0 Å². The number of sulfone groups is 1. The maximum Gasteiger partial charge on any atom is 0.235 e. The second-order valence-corrected chi connectivity index (χ2v) is 10.7. The lowest BCUT2D eigenvalue weighted by atomic mass is 9.97. The topological polar surface area (TPSA) is 63.2 Å². The van der Waals surface area contributed by atoms with Crippen LogP contribution in [0.5, 0.6) is 0 Å². The van der Waals surface area contributed by atoms with Crippen molar-refractivity contribution in [1.29, 1.82) is 0 Å². The second kappa shape index (κ2) is 8.12. The van der Waals surface area contributed by atoms with Gasteiger partial charge in [0.15, 0.2) is 9.84 Å². The number of amides is 1. The third-order valence-electron chi connectivity index (χ3n) is 5.54. The van der Waals surface area contributed by atoms with Crippen molar-refractivity contribution in [3.05, 3.63) is 35.4 Å². The van der Waals surface area contributed by atoms with Crippen LogP contribution in [0.4, 0.5) is 0 Å². The zero-order chi connectivity index (χ0) is 18.7. The van der Waals surface area contributed by atoms with Crippen LogP contribution >= 0.6 is 0 Å². The molecule has 2 aliphatic carbocycles. The quantitative estimate of drug-likeness (QED) is 0.749. The van der Waals surface area contributed by atoms with Gasteiger partial charge in [-0.25, -0.2) is 8.42 Å². The average molecular weight is 378 g/mol. The van der Waals surface area contributed by atoms with Gasteiger partial charge in [-0.1, -0.05) is 51.0 Å². The van der Waals surface area contributed by atoms with Crippen molar-refractivity contribution in [1.82, 2.24) is 5.32 Å². The van der Waals surface area contributed by atoms with Gasteiger partial charge in [0.25, 0.3) is 0 Å². The summed E-state index contributed by atoms with van der Waals surface area (Å²) in [5, 5.41) is 2.70. The molecule has 0 bridgehead atoms. The van der Waals surface area contributed by atoms with Crippen LogP contribution < -0.4 is 5.32 Å². The molecule has 144 valence electrons. The highest BCUT2D eigenvalue weighted by atomic mass is 32.2. The Morgan fingerprint density at radius 1 is 1.08 bits per heavy atom. The maximum atomic E-state index is 12.5. The molecule has 0 aliphatic heterocycles. The number of hydrogen-bond donors (Lipinski definition) is 1. The van der Waals surface area contributed by atoms with Crippen LogP contribution in [0.2, 0.25) is 0 Å². The van der Waals surface area contributed by atoms with Crippen LogP contribution in [0.15, 0.2) is 24.3 Å². The van der Waals surface area contributed by atoms with Crippen LogP contribution in [-0.4, -0.2) is 25.3 Å². The summed E-state index contributed by atoms with van der Waals surface area (Å²) in [6.45, 7) is 4.40. The third kappa shape index (κ3) is 5.09. The molecule has 0 aromatic heterocycles. The van der Waals surface area contributed by atoms with Crippen LogP contribution in [-0.2, 0) is 21.1 Å². The van der Waals surface area contributed by atoms with Gasteiger partial charge in [0.2, 0.25) is 5.91 Å². The van der Waals surface area contributed by atoms with E-state index in [0.717, 1.165) is 37.7 Å². The molecule has 2 aliphatic rings. The van der Waals surface area contributed by atoms with Gasteiger partial charge >= 0.3 is 0 Å². The predicted octanol–water partition coefficient (Wildman–Crippen LogP) is 3.81. The highest BCUT2D eigenvalue weighted by molar-refractivity contribution is 7.92. The Balaban J connectivity index is 1.64. The molecule has 1 N–H and O–H groups in total. The summed E-state index contributed by atoms with van der Waals surface area (Å²) in [5.41, 5.74) is 2.39. The first-order chi connectivity index (χ1) is 12.3. The fraction of sp³-hybridized carbons (Fsp3) is 0.667. The van der Waals surface area contributed by atoms with Gasteiger partial charge in [0.1, 0.15) is 5.75 Å². The standard InChI is InChI=1S/C21H31NO3S/c1-15(2)13-16-7-9-17(10-8-16)21(18-11-12-18)22-20(23)14-26(24,25)19-5-3-4-6-19/h7-10,15,18-19,21H,3-6,11-14H2,1-2H3,(H,22,23). The largest absolute Gasteiger partial charge is 0.348 e. The Morgan fingerprint density at radius 3 is 2.23 bits per heavy atom. The van der Waals surface area contributed by atoms with Crippen molar-refractivity contribution in [3.63, 3.8) is 0 Å². The normalized spacial score (nSPS) is 19.7. The van der Waals surface area contributed by atoms with Crippen LogP contribution in [0.25, 0.3) is 0 Å². The molecule has 1 amide bonds. The van der Waals surface area contributed by atoms with Crippen molar-refractivity contribution in [2.24, 2.45) is 11.8 Å². The summed E-state index contributed by atoms with van der Waals surface area (Å²) in [7, 11) is -3.32. The van der Waals surface area contributed by atoms with Crippen molar-refractivity contribution in [2.75, 3.05) is 5.75 Å². The van der Waals surface area contributed by atoms with Crippen LogP contribution in [0.1, 0.15) is 69.5 Å². The molecule has 2 saturated carbocycles. The molecule has 3 rings (SSSR count). The first-order valence-electron chi connectivity index (χ1n) is 9.95. The summed E-state index contributed by atoms with van der Waals surface area (Å²) >= 11 is 0. The molecule has 1 atom stereocenters. The van der Waals surface area contributed by atoms with Crippen molar-refractivity contribution < 1.29 is 13.2 Å². The minimum Gasteiger partial charge on any atom is -0.348 e. The molecule has 1 aromatic rings. The number of nitrogens with one attached hydrogen (secondary N) is 1. The summed E-state index contributed by atoms with van der Waals surface area (Å²) in [6, 6.07) is 8.38. The fourth-order valence-corrected chi connectivity index (χ4v) is 5.73. The van der Waals surface area contributed by atoms with Crippen molar-refractivity contribution in [2.45, 2.75) is 70.1 Å². The number of benzene rings is 1. The minimum absolute atomic E-state index is 0.0608. The van der Waals surface area contributed by atoms with Crippen LogP contribution in [0, 0.1) is 11.8 Å². The van der Waals surface area contributed by atoms with E-state index in [9.17, 15) is 13.2 Å². The first kappa shape index (κ1) is 19.4. The molecule has 0 radical (unpaired) electrons. The fourth-order valence-electron chi connectivity index (χ4n) is 4.00. The molecule has 1 aromatic carbocycles. The molecule has 2 fully saturated rings. The Kier molecular flexibility index (Phi) is 6.06. The summed E-state index contributed by atoms with van der Waals surface area (Å²) < 4.78 is 24.9. The van der Waals surface area contributed by atoms with Gasteiger partial charge in [0.05, 0.1) is 11.3 Å². The number of carbonyl (C=O) groups is 1. The highest BCUT2D eigenvalue weighted by Crippen LogP contribution is 2.41. The molecule has 26 heavy (non-hydrogen) atoms. The van der Waals surface area contributed by atoms with Gasteiger partial charge in [-0.05, 0) is 55.1 Å². The highest BCUT2D eigenvalue weighted by Gasteiger charge is 2.35. The van der Waals surface area contributed by atoms with Crippen molar-refractivity contribution >= 4 is 15.7 Å².